The predicted octanol–water partition coefficient (Wildman–Crippen LogP) is 4.55. The Labute approximate surface area is 167 Å². The van der Waals surface area contributed by atoms with Crippen molar-refractivity contribution >= 4 is 17.6 Å². The second-order valence-electron chi connectivity index (χ2n) is 9.34. The summed E-state index contributed by atoms with van der Waals surface area (Å²) in [5, 5.41) is 3.41. The third kappa shape index (κ3) is 4.42. The van der Waals surface area contributed by atoms with Crippen LogP contribution in [0.15, 0.2) is 12.1 Å². The van der Waals surface area contributed by atoms with Gasteiger partial charge in [-0.1, -0.05) is 0 Å². The summed E-state index contributed by atoms with van der Waals surface area (Å²) in [6.07, 6.45) is 1.29. The molecule has 0 saturated carbocycles. The van der Waals surface area contributed by atoms with Gasteiger partial charge in [-0.2, -0.15) is 0 Å². The Hall–Kier alpha value is -2.24. The molecule has 0 aromatic heterocycles. The van der Waals surface area contributed by atoms with E-state index in [1.165, 1.54) is 0 Å². The number of Topliss-reactive ketones (excluding diaryl/α,β-unsaturated/α-hetero) is 1. The van der Waals surface area contributed by atoms with Crippen molar-refractivity contribution in [3.8, 4) is 5.75 Å². The zero-order valence-corrected chi connectivity index (χ0v) is 17.8. The van der Waals surface area contributed by atoms with Crippen molar-refractivity contribution in [2.75, 3.05) is 18.4 Å². The van der Waals surface area contributed by atoms with E-state index in [2.05, 4.69) is 19.2 Å². The van der Waals surface area contributed by atoms with Crippen molar-refractivity contribution in [3.63, 3.8) is 0 Å². The third-order valence-electron chi connectivity index (χ3n) is 5.11. The molecular formula is C22H32N2O4. The van der Waals surface area contributed by atoms with Gasteiger partial charge in [-0.3, -0.25) is 4.79 Å². The lowest BCUT2D eigenvalue weighted by atomic mass is 9.82. The van der Waals surface area contributed by atoms with Gasteiger partial charge in [0.1, 0.15) is 11.2 Å². The van der Waals surface area contributed by atoms with Crippen LogP contribution in [0.1, 0.15) is 69.8 Å². The molecule has 2 aliphatic rings. The lowest BCUT2D eigenvalue weighted by Crippen LogP contribution is -2.53. The Balaban J connectivity index is 1.79. The number of piperidine rings is 1. The van der Waals surface area contributed by atoms with E-state index >= 15 is 0 Å². The first-order chi connectivity index (χ1) is 13.0. The van der Waals surface area contributed by atoms with Gasteiger partial charge >= 0.3 is 6.09 Å². The highest BCUT2D eigenvalue weighted by atomic mass is 16.6. The molecule has 0 aliphatic carbocycles. The molecule has 2 aliphatic heterocycles. The molecule has 0 atom stereocenters. The van der Waals surface area contributed by atoms with Gasteiger partial charge in [0.25, 0.3) is 0 Å². The van der Waals surface area contributed by atoms with Crippen LogP contribution in [0.2, 0.25) is 0 Å². The Morgan fingerprint density at radius 2 is 1.89 bits per heavy atom. The average Bonchev–Trinajstić information content (AvgIpc) is 2.54. The molecule has 1 spiro atoms. The minimum atomic E-state index is -0.550. The molecule has 1 N–H and O–H groups in total. The Bertz CT molecular complexity index is 771. The number of anilines is 1. The minimum absolute atomic E-state index is 0.113. The van der Waals surface area contributed by atoms with Crippen LogP contribution in [0.3, 0.4) is 0 Å². The van der Waals surface area contributed by atoms with Crippen molar-refractivity contribution < 1.29 is 19.1 Å². The zero-order valence-electron chi connectivity index (χ0n) is 17.8. The van der Waals surface area contributed by atoms with Crippen LogP contribution in [-0.4, -0.2) is 47.1 Å². The maximum atomic E-state index is 12.9. The van der Waals surface area contributed by atoms with Crippen molar-refractivity contribution in [2.45, 2.75) is 78.0 Å². The standard InChI is InChI=1S/C22H32N2O4/c1-14(2)23-17-12-15(3)11-16-18(25)13-22(27-19(16)17)7-9-24(10-8-22)20(26)28-21(4,5)6/h11-12,14,23H,7-10,13H2,1-6H3. The number of nitrogens with one attached hydrogen (secondary N) is 1. The van der Waals surface area contributed by atoms with Gasteiger partial charge in [0.2, 0.25) is 0 Å². The van der Waals surface area contributed by atoms with Gasteiger partial charge in [0, 0.05) is 32.0 Å². The Morgan fingerprint density at radius 1 is 1.25 bits per heavy atom. The summed E-state index contributed by atoms with van der Waals surface area (Å²) >= 11 is 0. The fourth-order valence-electron chi connectivity index (χ4n) is 3.85. The molecule has 1 amide bonds. The van der Waals surface area contributed by atoms with Gasteiger partial charge in [0.05, 0.1) is 17.7 Å². The molecule has 6 nitrogen and oxygen atoms in total. The smallest absolute Gasteiger partial charge is 0.410 e. The van der Waals surface area contributed by atoms with Crippen LogP contribution in [0.5, 0.6) is 5.75 Å². The van der Waals surface area contributed by atoms with E-state index in [-0.39, 0.29) is 17.9 Å². The minimum Gasteiger partial charge on any atom is -0.484 e. The van der Waals surface area contributed by atoms with Crippen LogP contribution >= 0.6 is 0 Å². The van der Waals surface area contributed by atoms with Crippen molar-refractivity contribution in [1.82, 2.24) is 4.90 Å². The number of ether oxygens (including phenoxy) is 2. The van der Waals surface area contributed by atoms with Gasteiger partial charge in [0.15, 0.2) is 11.5 Å². The van der Waals surface area contributed by atoms with E-state index in [4.69, 9.17) is 9.47 Å². The first-order valence-corrected chi connectivity index (χ1v) is 10.1. The molecule has 1 saturated heterocycles. The topological polar surface area (TPSA) is 67.9 Å². The van der Waals surface area contributed by atoms with Crippen molar-refractivity contribution in [1.29, 1.82) is 0 Å². The third-order valence-corrected chi connectivity index (χ3v) is 5.11. The zero-order chi connectivity index (χ0) is 20.7. The average molecular weight is 389 g/mol. The maximum Gasteiger partial charge on any atom is 0.410 e. The number of benzene rings is 1. The second kappa shape index (κ2) is 7.30. The van der Waals surface area contributed by atoms with E-state index in [0.717, 1.165) is 11.3 Å². The van der Waals surface area contributed by atoms with E-state index in [0.29, 0.717) is 43.7 Å². The monoisotopic (exact) mass is 388 g/mol. The van der Waals surface area contributed by atoms with Crippen LogP contribution in [0.25, 0.3) is 0 Å². The summed E-state index contributed by atoms with van der Waals surface area (Å²) in [5.74, 6) is 0.767. The summed E-state index contributed by atoms with van der Waals surface area (Å²) < 4.78 is 12.0. The molecule has 0 bridgehead atoms. The summed E-state index contributed by atoms with van der Waals surface area (Å²) in [5.41, 5.74) is 1.49. The molecule has 3 rings (SSSR count). The van der Waals surface area contributed by atoms with E-state index in [9.17, 15) is 9.59 Å². The molecular weight excluding hydrogens is 356 g/mol. The largest absolute Gasteiger partial charge is 0.484 e. The lowest BCUT2D eigenvalue weighted by molar-refractivity contribution is -0.0223. The molecule has 1 aromatic rings. The number of carbonyl (C=O) groups excluding carboxylic acids is 2. The SMILES string of the molecule is Cc1cc(NC(C)C)c2c(c1)C(=O)CC1(CCN(C(=O)OC(C)(C)C)CC1)O2. The number of ketones is 1. The van der Waals surface area contributed by atoms with Gasteiger partial charge in [-0.05, 0) is 59.2 Å². The number of likely N-dealkylation sites (tertiary alicyclic amines) is 1. The molecule has 6 heteroatoms. The lowest BCUT2D eigenvalue weighted by Gasteiger charge is -2.44. The molecule has 154 valence electrons. The summed E-state index contributed by atoms with van der Waals surface area (Å²) in [7, 11) is 0. The summed E-state index contributed by atoms with van der Waals surface area (Å²) in [6.45, 7) is 12.8. The number of fused-ring (bicyclic) bond motifs is 1. The number of hydrogen-bond donors (Lipinski definition) is 1. The van der Waals surface area contributed by atoms with E-state index in [1.807, 2.05) is 39.8 Å². The second-order valence-corrected chi connectivity index (χ2v) is 9.34. The van der Waals surface area contributed by atoms with Crippen molar-refractivity contribution in [3.05, 3.63) is 23.3 Å². The fourth-order valence-corrected chi connectivity index (χ4v) is 3.85. The molecule has 2 heterocycles. The van der Waals surface area contributed by atoms with Crippen LogP contribution in [0, 0.1) is 6.92 Å². The number of amides is 1. The Kier molecular flexibility index (Phi) is 5.34. The number of nitrogens with zero attached hydrogens (tertiary/aromatic N) is 1. The van der Waals surface area contributed by atoms with Crippen LogP contribution < -0.4 is 10.1 Å². The molecule has 1 fully saturated rings. The predicted molar refractivity (Wildman–Crippen MR) is 109 cm³/mol. The first-order valence-electron chi connectivity index (χ1n) is 10.1. The summed E-state index contributed by atoms with van der Waals surface area (Å²) in [6, 6.07) is 4.17. The van der Waals surface area contributed by atoms with E-state index in [1.54, 1.807) is 4.90 Å². The maximum absolute atomic E-state index is 12.9. The number of rotatable bonds is 2. The summed E-state index contributed by atoms with van der Waals surface area (Å²) in [4.78, 5) is 27.0. The Morgan fingerprint density at radius 3 is 2.46 bits per heavy atom. The molecule has 28 heavy (non-hydrogen) atoms. The first kappa shape index (κ1) is 20.5. The van der Waals surface area contributed by atoms with Gasteiger partial charge in [-0.25, -0.2) is 4.79 Å². The number of aryl methyl sites for hydroxylation is 1. The molecule has 0 unspecified atom stereocenters. The van der Waals surface area contributed by atoms with Gasteiger partial charge in [-0.15, -0.1) is 0 Å². The number of hydrogen-bond acceptors (Lipinski definition) is 5. The number of carbonyl (C=O) groups is 2. The van der Waals surface area contributed by atoms with Crippen LogP contribution in [-0.2, 0) is 4.74 Å². The molecule has 1 aromatic carbocycles. The van der Waals surface area contributed by atoms with Crippen molar-refractivity contribution in [2.24, 2.45) is 0 Å². The highest BCUT2D eigenvalue weighted by Crippen LogP contribution is 2.44. The highest BCUT2D eigenvalue weighted by molar-refractivity contribution is 6.02. The quantitative estimate of drug-likeness (QED) is 0.805. The van der Waals surface area contributed by atoms with E-state index < -0.39 is 11.2 Å². The molecule has 0 radical (unpaired) electrons. The highest BCUT2D eigenvalue weighted by Gasteiger charge is 2.45. The normalized spacial score (nSPS) is 18.7. The van der Waals surface area contributed by atoms with Crippen LogP contribution in [0.4, 0.5) is 10.5 Å². The fraction of sp³-hybridized carbons (Fsp3) is 0.636. The van der Waals surface area contributed by atoms with Gasteiger partial charge < -0.3 is 19.7 Å².